The van der Waals surface area contributed by atoms with Gasteiger partial charge < -0.3 is 0 Å². The fourth-order valence-corrected chi connectivity index (χ4v) is 2.80. The molecule has 0 aliphatic heterocycles. The van der Waals surface area contributed by atoms with Gasteiger partial charge in [-0.2, -0.15) is 0 Å². The summed E-state index contributed by atoms with van der Waals surface area (Å²) in [7, 11) is 0. The van der Waals surface area contributed by atoms with Crippen LogP contribution < -0.4 is 0 Å². The highest BCUT2D eigenvalue weighted by atomic mass is 35.5. The van der Waals surface area contributed by atoms with Crippen LogP contribution in [-0.4, -0.2) is 10.9 Å². The second kappa shape index (κ2) is 5.37. The molecule has 84 valence electrons. The van der Waals surface area contributed by atoms with Gasteiger partial charge in [-0.15, -0.1) is 22.9 Å². The first-order chi connectivity index (χ1) is 7.72. The lowest BCUT2D eigenvalue weighted by atomic mass is 10.1. The first-order valence-corrected chi connectivity index (χ1v) is 6.83. The molecular formula is C11H8Cl3NS. The van der Waals surface area contributed by atoms with Crippen LogP contribution in [0.4, 0.5) is 0 Å². The third-order valence-electron chi connectivity index (χ3n) is 2.16. The summed E-state index contributed by atoms with van der Waals surface area (Å²) in [5.41, 5.74) is 3.75. The molecule has 0 saturated heterocycles. The molecule has 0 bridgehead atoms. The van der Waals surface area contributed by atoms with E-state index in [0.717, 1.165) is 17.7 Å². The van der Waals surface area contributed by atoms with E-state index in [1.807, 2.05) is 17.6 Å². The van der Waals surface area contributed by atoms with Crippen molar-refractivity contribution in [3.05, 3.63) is 38.6 Å². The van der Waals surface area contributed by atoms with Crippen molar-refractivity contribution >= 4 is 46.1 Å². The highest BCUT2D eigenvalue weighted by Crippen LogP contribution is 2.31. The Labute approximate surface area is 113 Å². The first kappa shape index (κ1) is 12.2. The molecule has 0 atom stereocenters. The Morgan fingerprint density at radius 3 is 2.69 bits per heavy atom. The van der Waals surface area contributed by atoms with E-state index in [1.165, 1.54) is 4.88 Å². The van der Waals surface area contributed by atoms with Crippen LogP contribution in [0.15, 0.2) is 23.7 Å². The van der Waals surface area contributed by atoms with E-state index in [2.05, 4.69) is 4.98 Å². The zero-order valence-corrected chi connectivity index (χ0v) is 11.3. The Balaban J connectivity index is 2.42. The van der Waals surface area contributed by atoms with Gasteiger partial charge in [0, 0.05) is 16.3 Å². The van der Waals surface area contributed by atoms with Crippen LogP contribution in [0.1, 0.15) is 4.88 Å². The van der Waals surface area contributed by atoms with Gasteiger partial charge in [-0.1, -0.05) is 29.3 Å². The smallest absolute Gasteiger partial charge is 0.0844 e. The van der Waals surface area contributed by atoms with Gasteiger partial charge in [-0.25, -0.2) is 4.98 Å². The van der Waals surface area contributed by atoms with E-state index in [1.54, 1.807) is 17.4 Å². The monoisotopic (exact) mass is 291 g/mol. The topological polar surface area (TPSA) is 12.9 Å². The molecule has 1 aromatic heterocycles. The number of benzene rings is 1. The van der Waals surface area contributed by atoms with Crippen molar-refractivity contribution in [3.8, 4) is 11.3 Å². The molecule has 1 nitrogen and oxygen atoms in total. The number of thiazole rings is 1. The fourth-order valence-electron chi connectivity index (χ4n) is 1.41. The number of aryl methyl sites for hydroxylation is 1. The van der Waals surface area contributed by atoms with Crippen molar-refractivity contribution in [2.24, 2.45) is 0 Å². The standard InChI is InChI=1S/C11H8Cl3NS/c12-4-3-10-11(15-6-16-10)7-1-2-8(13)9(14)5-7/h1-2,5-6H,3-4H2. The molecule has 5 heteroatoms. The number of rotatable bonds is 3. The molecule has 2 aromatic rings. The van der Waals surface area contributed by atoms with Crippen molar-refractivity contribution in [3.63, 3.8) is 0 Å². The number of alkyl halides is 1. The number of hydrogen-bond donors (Lipinski definition) is 0. The minimum Gasteiger partial charge on any atom is -0.244 e. The highest BCUT2D eigenvalue weighted by Gasteiger charge is 2.09. The molecule has 0 fully saturated rings. The van der Waals surface area contributed by atoms with Crippen LogP contribution in [0.3, 0.4) is 0 Å². The predicted octanol–water partition coefficient (Wildman–Crippen LogP) is 4.90. The summed E-state index contributed by atoms with van der Waals surface area (Å²) < 4.78 is 0. The minimum absolute atomic E-state index is 0.545. The van der Waals surface area contributed by atoms with E-state index in [0.29, 0.717) is 15.9 Å². The number of nitrogens with zero attached hydrogens (tertiary/aromatic N) is 1. The molecule has 0 amide bonds. The van der Waals surface area contributed by atoms with Crippen molar-refractivity contribution in [1.82, 2.24) is 4.98 Å². The van der Waals surface area contributed by atoms with Crippen LogP contribution in [0.2, 0.25) is 10.0 Å². The summed E-state index contributed by atoms with van der Waals surface area (Å²) >= 11 is 19.2. The van der Waals surface area contributed by atoms with Gasteiger partial charge in [0.1, 0.15) is 0 Å². The van der Waals surface area contributed by atoms with E-state index >= 15 is 0 Å². The molecule has 16 heavy (non-hydrogen) atoms. The first-order valence-electron chi connectivity index (χ1n) is 4.66. The normalized spacial score (nSPS) is 10.7. The Kier molecular flexibility index (Phi) is 4.09. The summed E-state index contributed by atoms with van der Waals surface area (Å²) in [6.07, 6.45) is 0.821. The Bertz CT molecular complexity index is 496. The van der Waals surface area contributed by atoms with E-state index in [4.69, 9.17) is 34.8 Å². The molecule has 0 aliphatic carbocycles. The number of aromatic nitrogens is 1. The van der Waals surface area contributed by atoms with Crippen LogP contribution in [0, 0.1) is 0 Å². The zero-order chi connectivity index (χ0) is 11.5. The summed E-state index contributed by atoms with van der Waals surface area (Å²) in [6.45, 7) is 0. The maximum absolute atomic E-state index is 5.98. The quantitative estimate of drug-likeness (QED) is 0.733. The average Bonchev–Trinajstić information content (AvgIpc) is 2.71. The average molecular weight is 293 g/mol. The van der Waals surface area contributed by atoms with E-state index < -0.39 is 0 Å². The van der Waals surface area contributed by atoms with Crippen LogP contribution in [-0.2, 0) is 6.42 Å². The van der Waals surface area contributed by atoms with Gasteiger partial charge in [0.15, 0.2) is 0 Å². The van der Waals surface area contributed by atoms with Crippen LogP contribution >= 0.6 is 46.1 Å². The fraction of sp³-hybridized carbons (Fsp3) is 0.182. The van der Waals surface area contributed by atoms with Gasteiger partial charge in [0.2, 0.25) is 0 Å². The second-order valence-electron chi connectivity index (χ2n) is 3.19. The van der Waals surface area contributed by atoms with Crippen LogP contribution in [0.25, 0.3) is 11.3 Å². The van der Waals surface area contributed by atoms with E-state index in [-0.39, 0.29) is 0 Å². The van der Waals surface area contributed by atoms with Gasteiger partial charge in [-0.3, -0.25) is 0 Å². The second-order valence-corrected chi connectivity index (χ2v) is 5.32. The summed E-state index contributed by atoms with van der Waals surface area (Å²) in [4.78, 5) is 5.51. The summed E-state index contributed by atoms with van der Waals surface area (Å²) in [6, 6.07) is 5.53. The van der Waals surface area contributed by atoms with Crippen molar-refractivity contribution in [2.45, 2.75) is 6.42 Å². The van der Waals surface area contributed by atoms with Crippen molar-refractivity contribution < 1.29 is 0 Å². The lowest BCUT2D eigenvalue weighted by molar-refractivity contribution is 1.18. The van der Waals surface area contributed by atoms with Gasteiger partial charge >= 0.3 is 0 Å². The number of hydrogen-bond acceptors (Lipinski definition) is 2. The maximum Gasteiger partial charge on any atom is 0.0844 e. The molecule has 1 aromatic carbocycles. The van der Waals surface area contributed by atoms with Gasteiger partial charge in [0.25, 0.3) is 0 Å². The largest absolute Gasteiger partial charge is 0.244 e. The highest BCUT2D eigenvalue weighted by molar-refractivity contribution is 7.10. The third-order valence-corrected chi connectivity index (χ3v) is 3.98. The summed E-state index contributed by atoms with van der Waals surface area (Å²) in [5, 5.41) is 1.10. The molecule has 0 N–H and O–H groups in total. The van der Waals surface area contributed by atoms with Gasteiger partial charge in [-0.05, 0) is 18.6 Å². The molecule has 0 saturated carbocycles. The molecule has 0 aliphatic rings. The van der Waals surface area contributed by atoms with Crippen LogP contribution in [0.5, 0.6) is 0 Å². The Hall–Kier alpha value is -0.280. The Morgan fingerprint density at radius 2 is 2.00 bits per heavy atom. The number of halogens is 3. The van der Waals surface area contributed by atoms with Crippen molar-refractivity contribution in [2.75, 3.05) is 5.88 Å². The van der Waals surface area contributed by atoms with Gasteiger partial charge in [0.05, 0.1) is 21.2 Å². The molecule has 0 unspecified atom stereocenters. The molecule has 0 spiro atoms. The lowest BCUT2D eigenvalue weighted by Gasteiger charge is -2.02. The lowest BCUT2D eigenvalue weighted by Crippen LogP contribution is -1.87. The summed E-state index contributed by atoms with van der Waals surface area (Å²) in [5.74, 6) is 0.594. The maximum atomic E-state index is 5.98. The van der Waals surface area contributed by atoms with Crippen molar-refractivity contribution in [1.29, 1.82) is 0 Å². The molecular weight excluding hydrogens is 285 g/mol. The SMILES string of the molecule is ClCCc1scnc1-c1ccc(Cl)c(Cl)c1. The Morgan fingerprint density at radius 1 is 1.19 bits per heavy atom. The van der Waals surface area contributed by atoms with E-state index in [9.17, 15) is 0 Å². The third kappa shape index (κ3) is 2.51. The molecule has 0 radical (unpaired) electrons. The molecule has 1 heterocycles. The predicted molar refractivity (Wildman–Crippen MR) is 72.0 cm³/mol. The molecule has 2 rings (SSSR count). The minimum atomic E-state index is 0.545. The zero-order valence-electron chi connectivity index (χ0n) is 8.21.